The van der Waals surface area contributed by atoms with Crippen molar-refractivity contribution in [3.8, 4) is 0 Å². The molecule has 0 fully saturated rings. The van der Waals surface area contributed by atoms with Crippen LogP contribution in [0.4, 0.5) is 11.4 Å². The molecule has 6 nitrogen and oxygen atoms in total. The number of amides is 1. The van der Waals surface area contributed by atoms with E-state index in [0.29, 0.717) is 35.7 Å². The van der Waals surface area contributed by atoms with Gasteiger partial charge in [-0.1, -0.05) is 12.1 Å². The third-order valence-electron chi connectivity index (χ3n) is 3.64. The van der Waals surface area contributed by atoms with Gasteiger partial charge in [-0.3, -0.25) is 4.79 Å². The van der Waals surface area contributed by atoms with Crippen molar-refractivity contribution in [3.63, 3.8) is 0 Å². The molecule has 1 N–H and O–H groups in total. The van der Waals surface area contributed by atoms with E-state index in [0.717, 1.165) is 0 Å². The first kappa shape index (κ1) is 17.5. The second-order valence-electron chi connectivity index (χ2n) is 5.07. The molecule has 0 atom stereocenters. The Labute approximate surface area is 141 Å². The number of carbonyl (C=O) groups is 2. The first-order chi connectivity index (χ1) is 11.6. The summed E-state index contributed by atoms with van der Waals surface area (Å²) in [5.74, 6) is -0.513. The summed E-state index contributed by atoms with van der Waals surface area (Å²) in [7, 11) is 1.34. The number of hydrogen-bond donors (Lipinski definition) is 1. The molecule has 0 aliphatic rings. The predicted octanol–water partition coefficient (Wildman–Crippen LogP) is 3.09. The number of benzene rings is 1. The van der Waals surface area contributed by atoms with Crippen LogP contribution in [0.3, 0.4) is 0 Å². The summed E-state index contributed by atoms with van der Waals surface area (Å²) in [6.07, 6.45) is 1.57. The van der Waals surface area contributed by atoms with Gasteiger partial charge in [-0.05, 0) is 38.1 Å². The Bertz CT molecular complexity index is 710. The molecule has 2 aromatic rings. The van der Waals surface area contributed by atoms with Crippen LogP contribution >= 0.6 is 0 Å². The van der Waals surface area contributed by atoms with Crippen LogP contribution in [0.15, 0.2) is 42.6 Å². The summed E-state index contributed by atoms with van der Waals surface area (Å²) in [6, 6.07) is 10.5. The molecule has 2 rings (SSSR count). The standard InChI is InChI=1S/C18H21N3O3/c1-4-21(5-2)17(22)16-11-10-13(12-19-16)20-15-9-7-6-8-14(15)18(23)24-3/h6-12,20H,4-5H2,1-3H3. The molecule has 1 aromatic heterocycles. The largest absolute Gasteiger partial charge is 0.465 e. The van der Waals surface area contributed by atoms with Gasteiger partial charge in [0.15, 0.2) is 0 Å². The van der Waals surface area contributed by atoms with E-state index in [9.17, 15) is 9.59 Å². The van der Waals surface area contributed by atoms with Crippen LogP contribution in [0.2, 0.25) is 0 Å². The summed E-state index contributed by atoms with van der Waals surface area (Å²) >= 11 is 0. The van der Waals surface area contributed by atoms with Crippen LogP contribution in [0.5, 0.6) is 0 Å². The highest BCUT2D eigenvalue weighted by Crippen LogP contribution is 2.21. The van der Waals surface area contributed by atoms with Crippen LogP contribution in [0.1, 0.15) is 34.7 Å². The predicted molar refractivity (Wildman–Crippen MR) is 92.6 cm³/mol. The molecule has 0 bridgehead atoms. The maximum Gasteiger partial charge on any atom is 0.339 e. The number of para-hydroxylation sites is 1. The molecule has 24 heavy (non-hydrogen) atoms. The first-order valence-electron chi connectivity index (χ1n) is 7.80. The minimum atomic E-state index is -0.417. The number of anilines is 2. The topological polar surface area (TPSA) is 71.5 Å². The lowest BCUT2D eigenvalue weighted by atomic mass is 10.1. The number of esters is 1. The van der Waals surface area contributed by atoms with Crippen LogP contribution in [-0.4, -0.2) is 42.0 Å². The molecule has 0 unspecified atom stereocenters. The molecule has 0 saturated heterocycles. The molecular weight excluding hydrogens is 306 g/mol. The Morgan fingerprint density at radius 3 is 2.42 bits per heavy atom. The van der Waals surface area contributed by atoms with E-state index < -0.39 is 5.97 Å². The minimum absolute atomic E-state index is 0.0958. The number of hydrogen-bond acceptors (Lipinski definition) is 5. The number of rotatable bonds is 6. The highest BCUT2D eigenvalue weighted by atomic mass is 16.5. The average molecular weight is 327 g/mol. The van der Waals surface area contributed by atoms with Gasteiger partial charge < -0.3 is 15.0 Å². The Hall–Kier alpha value is -2.89. The number of nitrogens with zero attached hydrogens (tertiary/aromatic N) is 2. The average Bonchev–Trinajstić information content (AvgIpc) is 2.63. The Morgan fingerprint density at radius 1 is 1.12 bits per heavy atom. The van der Waals surface area contributed by atoms with Crippen LogP contribution in [0, 0.1) is 0 Å². The van der Waals surface area contributed by atoms with Gasteiger partial charge in [0.25, 0.3) is 5.91 Å². The highest BCUT2D eigenvalue weighted by Gasteiger charge is 2.14. The van der Waals surface area contributed by atoms with Crippen molar-refractivity contribution in [1.82, 2.24) is 9.88 Å². The molecule has 0 aliphatic heterocycles. The third kappa shape index (κ3) is 3.90. The van der Waals surface area contributed by atoms with Crippen molar-refractivity contribution in [2.24, 2.45) is 0 Å². The summed E-state index contributed by atoms with van der Waals surface area (Å²) < 4.78 is 4.77. The van der Waals surface area contributed by atoms with E-state index in [4.69, 9.17) is 4.74 Å². The number of methoxy groups -OCH3 is 1. The number of pyridine rings is 1. The first-order valence-corrected chi connectivity index (χ1v) is 7.80. The van der Waals surface area contributed by atoms with E-state index >= 15 is 0 Å². The number of nitrogens with one attached hydrogen (secondary N) is 1. The molecule has 1 aromatic carbocycles. The molecule has 126 valence electrons. The highest BCUT2D eigenvalue weighted by molar-refractivity contribution is 5.96. The molecular formula is C18H21N3O3. The SMILES string of the molecule is CCN(CC)C(=O)c1ccc(Nc2ccccc2C(=O)OC)cn1. The van der Waals surface area contributed by atoms with Gasteiger partial charge in [-0.15, -0.1) is 0 Å². The van der Waals surface area contributed by atoms with Gasteiger partial charge in [0.2, 0.25) is 0 Å². The van der Waals surface area contributed by atoms with Gasteiger partial charge in [0.1, 0.15) is 5.69 Å². The zero-order valence-corrected chi connectivity index (χ0v) is 14.1. The lowest BCUT2D eigenvalue weighted by Gasteiger charge is -2.18. The smallest absolute Gasteiger partial charge is 0.339 e. The molecule has 6 heteroatoms. The van der Waals surface area contributed by atoms with E-state index in [-0.39, 0.29) is 5.91 Å². The molecule has 1 heterocycles. The van der Waals surface area contributed by atoms with Gasteiger partial charge in [0, 0.05) is 13.1 Å². The molecule has 1 amide bonds. The second-order valence-corrected chi connectivity index (χ2v) is 5.07. The molecule has 0 spiro atoms. The third-order valence-corrected chi connectivity index (χ3v) is 3.64. The van der Waals surface area contributed by atoms with Crippen LogP contribution in [-0.2, 0) is 4.74 Å². The lowest BCUT2D eigenvalue weighted by Crippen LogP contribution is -2.31. The molecule has 0 saturated carbocycles. The Kier molecular flexibility index (Phi) is 5.89. The van der Waals surface area contributed by atoms with Crippen molar-refractivity contribution in [2.45, 2.75) is 13.8 Å². The van der Waals surface area contributed by atoms with Crippen molar-refractivity contribution in [2.75, 3.05) is 25.5 Å². The van der Waals surface area contributed by atoms with Crippen LogP contribution < -0.4 is 5.32 Å². The van der Waals surface area contributed by atoms with Crippen molar-refractivity contribution < 1.29 is 14.3 Å². The molecule has 0 aliphatic carbocycles. The normalized spacial score (nSPS) is 10.1. The van der Waals surface area contributed by atoms with Gasteiger partial charge >= 0.3 is 5.97 Å². The van der Waals surface area contributed by atoms with E-state index in [1.807, 2.05) is 19.9 Å². The fraction of sp³-hybridized carbons (Fsp3) is 0.278. The maximum absolute atomic E-state index is 12.2. The fourth-order valence-corrected chi connectivity index (χ4v) is 2.30. The zero-order valence-electron chi connectivity index (χ0n) is 14.1. The van der Waals surface area contributed by atoms with E-state index in [1.165, 1.54) is 7.11 Å². The van der Waals surface area contributed by atoms with Gasteiger partial charge in [-0.2, -0.15) is 0 Å². The lowest BCUT2D eigenvalue weighted by molar-refractivity contribution is 0.0601. The summed E-state index contributed by atoms with van der Waals surface area (Å²) in [5.41, 5.74) is 2.13. The van der Waals surface area contributed by atoms with Gasteiger partial charge in [-0.25, -0.2) is 9.78 Å². The summed E-state index contributed by atoms with van der Waals surface area (Å²) in [4.78, 5) is 29.9. The maximum atomic E-state index is 12.2. The van der Waals surface area contributed by atoms with Gasteiger partial charge in [0.05, 0.1) is 30.2 Å². The quantitative estimate of drug-likeness (QED) is 0.826. The zero-order chi connectivity index (χ0) is 17.5. The number of ether oxygens (including phenoxy) is 1. The van der Waals surface area contributed by atoms with E-state index in [2.05, 4.69) is 10.3 Å². The monoisotopic (exact) mass is 327 g/mol. The van der Waals surface area contributed by atoms with Crippen molar-refractivity contribution in [3.05, 3.63) is 53.9 Å². The van der Waals surface area contributed by atoms with E-state index in [1.54, 1.807) is 41.4 Å². The Balaban J connectivity index is 2.18. The minimum Gasteiger partial charge on any atom is -0.465 e. The van der Waals surface area contributed by atoms with Crippen LogP contribution in [0.25, 0.3) is 0 Å². The summed E-state index contributed by atoms with van der Waals surface area (Å²) in [6.45, 7) is 5.15. The second kappa shape index (κ2) is 8.10. The summed E-state index contributed by atoms with van der Waals surface area (Å²) in [5, 5.41) is 3.12. The Morgan fingerprint density at radius 2 is 1.83 bits per heavy atom. The van der Waals surface area contributed by atoms with Crippen molar-refractivity contribution in [1.29, 1.82) is 0 Å². The fourth-order valence-electron chi connectivity index (χ4n) is 2.30. The molecule has 0 radical (unpaired) electrons. The van der Waals surface area contributed by atoms with Crippen molar-refractivity contribution >= 4 is 23.3 Å². The number of carbonyl (C=O) groups excluding carboxylic acids is 2. The number of aromatic nitrogens is 1.